The number of esters is 1. The molecule has 0 saturated carbocycles. The Labute approximate surface area is 156 Å². The van der Waals surface area contributed by atoms with Crippen molar-refractivity contribution in [3.63, 3.8) is 0 Å². The number of hydrogen-bond donors (Lipinski definition) is 1. The molecule has 1 unspecified atom stereocenters. The van der Waals surface area contributed by atoms with Crippen LogP contribution in [0.5, 0.6) is 5.75 Å². The largest absolute Gasteiger partial charge is 0.444 e. The number of thiophene rings is 1. The summed E-state index contributed by atoms with van der Waals surface area (Å²) in [5.74, 6) is -0.571. The third-order valence-electron chi connectivity index (χ3n) is 3.18. The molecule has 2 rings (SSSR count). The summed E-state index contributed by atoms with van der Waals surface area (Å²) < 4.78 is 10.6. The van der Waals surface area contributed by atoms with Gasteiger partial charge in [0.25, 0.3) is 0 Å². The van der Waals surface area contributed by atoms with E-state index in [1.54, 1.807) is 56.5 Å². The number of amides is 1. The number of ketones is 1. The first-order valence-electron chi connectivity index (χ1n) is 8.01. The molecule has 0 radical (unpaired) electrons. The zero-order chi connectivity index (χ0) is 19.3. The third kappa shape index (κ3) is 5.70. The number of Topliss-reactive ketones (excluding diaryl/α,β-unsaturated/α-hetero) is 1. The van der Waals surface area contributed by atoms with Crippen LogP contribution >= 0.6 is 11.3 Å². The summed E-state index contributed by atoms with van der Waals surface area (Å²) in [5.41, 5.74) is -0.257. The van der Waals surface area contributed by atoms with Crippen molar-refractivity contribution in [2.45, 2.75) is 39.3 Å². The van der Waals surface area contributed by atoms with E-state index in [1.807, 2.05) is 0 Å². The highest BCUT2D eigenvalue weighted by atomic mass is 32.1. The zero-order valence-electron chi connectivity index (χ0n) is 15.1. The number of carbonyl (C=O) groups excluding carboxylic acids is 3. The van der Waals surface area contributed by atoms with E-state index in [0.717, 1.165) is 0 Å². The lowest BCUT2D eigenvalue weighted by atomic mass is 10.1. The van der Waals surface area contributed by atoms with Crippen LogP contribution in [0.4, 0.5) is 4.79 Å². The van der Waals surface area contributed by atoms with Gasteiger partial charge in [-0.15, -0.1) is 11.3 Å². The van der Waals surface area contributed by atoms with E-state index in [9.17, 15) is 14.4 Å². The molecular weight excluding hydrogens is 354 g/mol. The normalized spacial score (nSPS) is 12.2. The molecule has 7 heteroatoms. The fraction of sp³-hybridized carbons (Fsp3) is 0.316. The molecule has 0 aliphatic rings. The van der Waals surface area contributed by atoms with Gasteiger partial charge in [0, 0.05) is 10.4 Å². The molecular formula is C19H21NO5S. The maximum absolute atomic E-state index is 12.6. The van der Waals surface area contributed by atoms with Crippen LogP contribution in [0.3, 0.4) is 0 Å². The van der Waals surface area contributed by atoms with Gasteiger partial charge in [0.1, 0.15) is 11.4 Å². The Morgan fingerprint density at radius 2 is 1.85 bits per heavy atom. The third-order valence-corrected chi connectivity index (χ3v) is 4.12. The first-order chi connectivity index (χ1) is 12.2. The zero-order valence-corrected chi connectivity index (χ0v) is 15.9. The van der Waals surface area contributed by atoms with Gasteiger partial charge in [0.2, 0.25) is 0 Å². The van der Waals surface area contributed by atoms with Crippen LogP contribution in [-0.4, -0.2) is 23.4 Å². The van der Waals surface area contributed by atoms with Gasteiger partial charge in [-0.05, 0) is 51.3 Å². The van der Waals surface area contributed by atoms with Crippen LogP contribution in [0.15, 0.2) is 41.8 Å². The van der Waals surface area contributed by atoms with Crippen LogP contribution in [0, 0.1) is 0 Å². The Morgan fingerprint density at radius 1 is 1.12 bits per heavy atom. The van der Waals surface area contributed by atoms with Gasteiger partial charge in [-0.2, -0.15) is 0 Å². The second-order valence-corrected chi connectivity index (χ2v) is 7.58. The summed E-state index contributed by atoms with van der Waals surface area (Å²) in [5, 5.41) is 4.34. The second-order valence-electron chi connectivity index (χ2n) is 6.60. The number of alkyl carbamates (subject to hydrolysis) is 1. The highest BCUT2D eigenvalue weighted by molar-refractivity contribution is 7.10. The quantitative estimate of drug-likeness (QED) is 0.483. The van der Waals surface area contributed by atoms with Crippen molar-refractivity contribution in [1.29, 1.82) is 0 Å². The summed E-state index contributed by atoms with van der Waals surface area (Å²) >= 11 is 1.31. The van der Waals surface area contributed by atoms with Crippen molar-refractivity contribution in [3.05, 3.63) is 52.2 Å². The number of ether oxygens (including phenoxy) is 2. The molecule has 1 amide bonds. The van der Waals surface area contributed by atoms with E-state index in [0.29, 0.717) is 10.4 Å². The van der Waals surface area contributed by atoms with Gasteiger partial charge >= 0.3 is 12.1 Å². The smallest absolute Gasteiger partial charge is 0.408 e. The number of benzene rings is 1. The van der Waals surface area contributed by atoms with E-state index >= 15 is 0 Å². The molecule has 0 aliphatic carbocycles. The van der Waals surface area contributed by atoms with Crippen molar-refractivity contribution in [2.24, 2.45) is 0 Å². The Kier molecular flexibility index (Phi) is 6.15. The second kappa shape index (κ2) is 8.14. The van der Waals surface area contributed by atoms with Crippen LogP contribution < -0.4 is 10.1 Å². The van der Waals surface area contributed by atoms with Gasteiger partial charge in [-0.3, -0.25) is 4.79 Å². The lowest BCUT2D eigenvalue weighted by Crippen LogP contribution is -2.39. The van der Waals surface area contributed by atoms with E-state index in [4.69, 9.17) is 9.47 Å². The Hall–Kier alpha value is -2.67. The Morgan fingerprint density at radius 3 is 2.42 bits per heavy atom. The van der Waals surface area contributed by atoms with E-state index in [2.05, 4.69) is 5.32 Å². The summed E-state index contributed by atoms with van der Waals surface area (Å²) in [7, 11) is 0. The number of carbonyl (C=O) groups is 3. The Bertz CT molecular complexity index is 793. The Balaban J connectivity index is 2.17. The molecule has 1 aromatic heterocycles. The maximum atomic E-state index is 12.6. The first-order valence-corrected chi connectivity index (χ1v) is 8.89. The molecule has 138 valence electrons. The van der Waals surface area contributed by atoms with Gasteiger partial charge in [-0.1, -0.05) is 18.2 Å². The molecule has 1 atom stereocenters. The summed E-state index contributed by atoms with van der Waals surface area (Å²) in [4.78, 5) is 36.8. The van der Waals surface area contributed by atoms with Gasteiger partial charge in [0.05, 0.1) is 0 Å². The average Bonchev–Trinajstić information content (AvgIpc) is 3.05. The first kappa shape index (κ1) is 19.7. The minimum Gasteiger partial charge on any atom is -0.444 e. The van der Waals surface area contributed by atoms with Crippen molar-refractivity contribution in [2.75, 3.05) is 0 Å². The van der Waals surface area contributed by atoms with Crippen molar-refractivity contribution in [1.82, 2.24) is 5.32 Å². The highest BCUT2D eigenvalue weighted by Crippen LogP contribution is 2.23. The molecule has 1 heterocycles. The average molecular weight is 375 g/mol. The molecule has 0 spiro atoms. The van der Waals surface area contributed by atoms with Gasteiger partial charge < -0.3 is 14.8 Å². The van der Waals surface area contributed by atoms with Crippen molar-refractivity contribution < 1.29 is 23.9 Å². The number of rotatable bonds is 5. The lowest BCUT2D eigenvalue weighted by molar-refractivity contribution is -0.136. The fourth-order valence-corrected chi connectivity index (χ4v) is 2.84. The fourth-order valence-electron chi connectivity index (χ4n) is 2.08. The number of nitrogens with one attached hydrogen (secondary N) is 1. The van der Waals surface area contributed by atoms with Crippen LogP contribution in [0.1, 0.15) is 49.0 Å². The minimum atomic E-state index is -1.01. The monoisotopic (exact) mass is 375 g/mol. The molecule has 0 saturated heterocycles. The summed E-state index contributed by atoms with van der Waals surface area (Å²) in [6, 6.07) is 8.80. The molecule has 1 aromatic carbocycles. The summed E-state index contributed by atoms with van der Waals surface area (Å²) in [6.45, 7) is 6.63. The minimum absolute atomic E-state index is 0.135. The maximum Gasteiger partial charge on any atom is 0.408 e. The summed E-state index contributed by atoms with van der Waals surface area (Å²) in [6.07, 6.45) is -0.717. The molecule has 0 bridgehead atoms. The molecule has 0 fully saturated rings. The predicted molar refractivity (Wildman–Crippen MR) is 98.5 cm³/mol. The van der Waals surface area contributed by atoms with Crippen molar-refractivity contribution in [3.8, 4) is 5.75 Å². The molecule has 6 nitrogen and oxygen atoms in total. The topological polar surface area (TPSA) is 81.7 Å². The van der Waals surface area contributed by atoms with Crippen LogP contribution in [0.2, 0.25) is 0 Å². The van der Waals surface area contributed by atoms with Gasteiger partial charge in [0.15, 0.2) is 11.8 Å². The van der Waals surface area contributed by atoms with E-state index in [1.165, 1.54) is 24.3 Å². The highest BCUT2D eigenvalue weighted by Gasteiger charge is 2.28. The molecule has 2 aromatic rings. The lowest BCUT2D eigenvalue weighted by Gasteiger charge is -2.22. The SMILES string of the molecule is CC(=O)c1cccc(OC(=O)C(NC(=O)OC(C)(C)C)c2cccs2)c1. The van der Waals surface area contributed by atoms with E-state index in [-0.39, 0.29) is 11.5 Å². The van der Waals surface area contributed by atoms with Crippen LogP contribution in [-0.2, 0) is 9.53 Å². The van der Waals surface area contributed by atoms with E-state index < -0.39 is 23.7 Å². The van der Waals surface area contributed by atoms with Gasteiger partial charge in [-0.25, -0.2) is 9.59 Å². The van der Waals surface area contributed by atoms with Crippen LogP contribution in [0.25, 0.3) is 0 Å². The molecule has 1 N–H and O–H groups in total. The standard InChI is InChI=1S/C19H21NO5S/c1-12(21)13-7-5-8-14(11-13)24-17(22)16(15-9-6-10-26-15)20-18(23)25-19(2,3)4/h5-11,16H,1-4H3,(H,20,23). The predicted octanol–water partition coefficient (Wildman–Crippen LogP) is 4.12. The molecule has 0 aliphatic heterocycles. The molecule has 26 heavy (non-hydrogen) atoms. The van der Waals surface area contributed by atoms with Crippen molar-refractivity contribution >= 4 is 29.2 Å². The number of hydrogen-bond acceptors (Lipinski definition) is 6.